The van der Waals surface area contributed by atoms with E-state index in [2.05, 4.69) is 12.1 Å². The van der Waals surface area contributed by atoms with Crippen molar-refractivity contribution in [3.63, 3.8) is 0 Å². The normalized spacial score (nSPS) is 16.7. The first-order valence-electron chi connectivity index (χ1n) is 7.72. The molecular formula is C19H21NO3. The summed E-state index contributed by atoms with van der Waals surface area (Å²) in [5.74, 6) is 1.45. The Balaban J connectivity index is 2.12. The molecule has 1 heterocycles. The zero-order valence-corrected chi connectivity index (χ0v) is 13.7. The summed E-state index contributed by atoms with van der Waals surface area (Å²) >= 11 is 0. The SMILES string of the molecule is COc1ccc(C2c3ccccc3CCN2C(C)=O)cc1OC. The summed E-state index contributed by atoms with van der Waals surface area (Å²) in [6, 6.07) is 14.1. The molecule has 3 rings (SSSR count). The molecule has 4 nitrogen and oxygen atoms in total. The lowest BCUT2D eigenvalue weighted by Gasteiger charge is -2.37. The van der Waals surface area contributed by atoms with Crippen LogP contribution in [0.1, 0.15) is 29.7 Å². The summed E-state index contributed by atoms with van der Waals surface area (Å²) in [5.41, 5.74) is 3.51. The first kappa shape index (κ1) is 15.4. The fourth-order valence-corrected chi connectivity index (χ4v) is 3.29. The Morgan fingerprint density at radius 3 is 2.52 bits per heavy atom. The number of fused-ring (bicyclic) bond motifs is 1. The minimum atomic E-state index is -0.0859. The molecule has 0 saturated carbocycles. The van der Waals surface area contributed by atoms with Crippen LogP contribution in [-0.2, 0) is 11.2 Å². The van der Waals surface area contributed by atoms with Gasteiger partial charge in [-0.15, -0.1) is 0 Å². The number of rotatable bonds is 3. The Kier molecular flexibility index (Phi) is 4.24. The second-order valence-electron chi connectivity index (χ2n) is 5.68. The monoisotopic (exact) mass is 311 g/mol. The fourth-order valence-electron chi connectivity index (χ4n) is 3.29. The number of nitrogens with zero attached hydrogens (tertiary/aromatic N) is 1. The Hall–Kier alpha value is -2.49. The van der Waals surface area contributed by atoms with Gasteiger partial charge in [0, 0.05) is 13.5 Å². The molecule has 0 aliphatic carbocycles. The predicted molar refractivity (Wildman–Crippen MR) is 88.9 cm³/mol. The highest BCUT2D eigenvalue weighted by Crippen LogP contribution is 2.38. The van der Waals surface area contributed by atoms with Crippen LogP contribution in [0, 0.1) is 0 Å². The average molecular weight is 311 g/mol. The van der Waals surface area contributed by atoms with Crippen molar-refractivity contribution in [2.24, 2.45) is 0 Å². The number of benzene rings is 2. The van der Waals surface area contributed by atoms with Crippen LogP contribution in [0.5, 0.6) is 11.5 Å². The van der Waals surface area contributed by atoms with Gasteiger partial charge in [-0.05, 0) is 35.2 Å². The molecule has 4 heteroatoms. The van der Waals surface area contributed by atoms with Crippen molar-refractivity contribution >= 4 is 5.91 Å². The molecule has 2 aromatic carbocycles. The summed E-state index contributed by atoms with van der Waals surface area (Å²) in [7, 11) is 3.24. The van der Waals surface area contributed by atoms with E-state index < -0.39 is 0 Å². The molecule has 0 spiro atoms. The lowest BCUT2D eigenvalue weighted by atomic mass is 9.88. The van der Waals surface area contributed by atoms with Gasteiger partial charge in [0.05, 0.1) is 20.3 Å². The summed E-state index contributed by atoms with van der Waals surface area (Å²) in [4.78, 5) is 14.1. The van der Waals surface area contributed by atoms with Gasteiger partial charge in [0.2, 0.25) is 5.91 Å². The standard InChI is InChI=1S/C19H21NO3/c1-13(21)20-11-10-14-6-4-5-7-16(14)19(20)15-8-9-17(22-2)18(12-15)23-3/h4-9,12,19H,10-11H2,1-3H3. The van der Waals surface area contributed by atoms with Crippen LogP contribution in [0.25, 0.3) is 0 Å². The highest BCUT2D eigenvalue weighted by atomic mass is 16.5. The van der Waals surface area contributed by atoms with Gasteiger partial charge in [0.15, 0.2) is 11.5 Å². The summed E-state index contributed by atoms with van der Waals surface area (Å²) in [5, 5.41) is 0. The molecule has 0 saturated heterocycles. The highest BCUT2D eigenvalue weighted by molar-refractivity contribution is 5.75. The Morgan fingerprint density at radius 1 is 1.09 bits per heavy atom. The average Bonchev–Trinajstić information content (AvgIpc) is 2.59. The molecule has 23 heavy (non-hydrogen) atoms. The Morgan fingerprint density at radius 2 is 1.83 bits per heavy atom. The van der Waals surface area contributed by atoms with E-state index in [1.54, 1.807) is 21.1 Å². The third-order valence-corrected chi connectivity index (χ3v) is 4.41. The lowest BCUT2D eigenvalue weighted by Crippen LogP contribution is -2.39. The van der Waals surface area contributed by atoms with E-state index in [0.717, 1.165) is 18.5 Å². The third-order valence-electron chi connectivity index (χ3n) is 4.41. The molecule has 120 valence electrons. The zero-order valence-electron chi connectivity index (χ0n) is 13.7. The van der Waals surface area contributed by atoms with E-state index in [-0.39, 0.29) is 11.9 Å². The van der Waals surface area contributed by atoms with E-state index in [9.17, 15) is 4.79 Å². The predicted octanol–water partition coefficient (Wildman–Crippen LogP) is 3.20. The molecule has 0 aromatic heterocycles. The number of methoxy groups -OCH3 is 2. The number of carbonyl (C=O) groups excluding carboxylic acids is 1. The van der Waals surface area contributed by atoms with Gasteiger partial charge in [0.25, 0.3) is 0 Å². The smallest absolute Gasteiger partial charge is 0.220 e. The molecule has 1 amide bonds. The number of ether oxygens (including phenoxy) is 2. The third kappa shape index (κ3) is 2.77. The van der Waals surface area contributed by atoms with Crippen molar-refractivity contribution in [1.82, 2.24) is 4.90 Å². The quantitative estimate of drug-likeness (QED) is 0.874. The minimum Gasteiger partial charge on any atom is -0.493 e. The molecule has 1 aliphatic heterocycles. The van der Waals surface area contributed by atoms with E-state index >= 15 is 0 Å². The molecular weight excluding hydrogens is 290 g/mol. The number of carbonyl (C=O) groups is 1. The summed E-state index contributed by atoms with van der Waals surface area (Å²) < 4.78 is 10.7. The van der Waals surface area contributed by atoms with Crippen molar-refractivity contribution < 1.29 is 14.3 Å². The van der Waals surface area contributed by atoms with Crippen molar-refractivity contribution in [3.05, 3.63) is 59.2 Å². The maximum atomic E-state index is 12.1. The van der Waals surface area contributed by atoms with Gasteiger partial charge >= 0.3 is 0 Å². The largest absolute Gasteiger partial charge is 0.493 e. The number of hydrogen-bond acceptors (Lipinski definition) is 3. The van der Waals surface area contributed by atoms with Gasteiger partial charge in [0.1, 0.15) is 0 Å². The van der Waals surface area contributed by atoms with E-state index in [1.807, 2.05) is 35.2 Å². The number of hydrogen-bond donors (Lipinski definition) is 0. The number of amides is 1. The van der Waals surface area contributed by atoms with Gasteiger partial charge in [-0.1, -0.05) is 30.3 Å². The maximum absolute atomic E-state index is 12.1. The van der Waals surface area contributed by atoms with Crippen molar-refractivity contribution in [3.8, 4) is 11.5 Å². The molecule has 0 radical (unpaired) electrons. The summed E-state index contributed by atoms with van der Waals surface area (Å²) in [6.07, 6.45) is 0.888. The Labute approximate surface area is 136 Å². The highest BCUT2D eigenvalue weighted by Gasteiger charge is 2.30. The van der Waals surface area contributed by atoms with Crippen molar-refractivity contribution in [2.75, 3.05) is 20.8 Å². The first-order chi connectivity index (χ1) is 11.2. The lowest BCUT2D eigenvalue weighted by molar-refractivity contribution is -0.130. The molecule has 0 fully saturated rings. The van der Waals surface area contributed by atoms with E-state index in [1.165, 1.54) is 11.1 Å². The molecule has 2 aromatic rings. The van der Waals surface area contributed by atoms with Gasteiger partial charge in [-0.2, -0.15) is 0 Å². The van der Waals surface area contributed by atoms with E-state index in [4.69, 9.17) is 9.47 Å². The maximum Gasteiger partial charge on any atom is 0.220 e. The first-order valence-corrected chi connectivity index (χ1v) is 7.72. The van der Waals surface area contributed by atoms with Crippen LogP contribution in [-0.4, -0.2) is 31.6 Å². The van der Waals surface area contributed by atoms with Crippen molar-refractivity contribution in [1.29, 1.82) is 0 Å². The summed E-state index contributed by atoms with van der Waals surface area (Å²) in [6.45, 7) is 2.35. The van der Waals surface area contributed by atoms with E-state index in [0.29, 0.717) is 11.5 Å². The van der Waals surface area contributed by atoms with Gasteiger partial charge < -0.3 is 14.4 Å². The van der Waals surface area contributed by atoms with Crippen LogP contribution >= 0.6 is 0 Å². The van der Waals surface area contributed by atoms with Crippen LogP contribution < -0.4 is 9.47 Å². The van der Waals surface area contributed by atoms with Gasteiger partial charge in [-0.25, -0.2) is 0 Å². The second kappa shape index (κ2) is 6.32. The fraction of sp³-hybridized carbons (Fsp3) is 0.316. The topological polar surface area (TPSA) is 38.8 Å². The van der Waals surface area contributed by atoms with Crippen LogP contribution in [0.15, 0.2) is 42.5 Å². The second-order valence-corrected chi connectivity index (χ2v) is 5.68. The van der Waals surface area contributed by atoms with Crippen LogP contribution in [0.4, 0.5) is 0 Å². The molecule has 0 N–H and O–H groups in total. The zero-order chi connectivity index (χ0) is 16.4. The molecule has 0 bridgehead atoms. The minimum absolute atomic E-state index is 0.0827. The molecule has 1 aliphatic rings. The van der Waals surface area contributed by atoms with Crippen LogP contribution in [0.3, 0.4) is 0 Å². The molecule has 1 unspecified atom stereocenters. The van der Waals surface area contributed by atoms with Crippen LogP contribution in [0.2, 0.25) is 0 Å². The molecule has 1 atom stereocenters. The van der Waals surface area contributed by atoms with Gasteiger partial charge in [-0.3, -0.25) is 4.79 Å². The van der Waals surface area contributed by atoms with Crippen molar-refractivity contribution in [2.45, 2.75) is 19.4 Å². The Bertz CT molecular complexity index is 726.